The zero-order valence-corrected chi connectivity index (χ0v) is 12.4. The van der Waals surface area contributed by atoms with Crippen molar-refractivity contribution >= 4 is 11.8 Å². The van der Waals surface area contributed by atoms with Crippen LogP contribution >= 0.6 is 0 Å². The van der Waals surface area contributed by atoms with Crippen LogP contribution in [-0.4, -0.2) is 32.6 Å². The Hall–Kier alpha value is -2.82. The topological polar surface area (TPSA) is 61.8 Å². The summed E-state index contributed by atoms with van der Waals surface area (Å²) in [5.41, 5.74) is 0.855. The summed E-state index contributed by atoms with van der Waals surface area (Å²) in [4.78, 5) is 23.8. The normalized spacial score (nSPS) is 9.91. The van der Waals surface area contributed by atoms with Gasteiger partial charge in [0.15, 0.2) is 12.4 Å². The van der Waals surface area contributed by atoms with Crippen molar-refractivity contribution in [2.75, 3.05) is 20.8 Å². The summed E-state index contributed by atoms with van der Waals surface area (Å²) >= 11 is 0. The molecule has 0 amide bonds. The van der Waals surface area contributed by atoms with Crippen LogP contribution in [0.25, 0.3) is 0 Å². The van der Waals surface area contributed by atoms with E-state index in [9.17, 15) is 9.59 Å². The van der Waals surface area contributed by atoms with Crippen molar-refractivity contribution in [3.05, 3.63) is 59.7 Å². The summed E-state index contributed by atoms with van der Waals surface area (Å²) < 4.78 is 15.0. The van der Waals surface area contributed by atoms with Crippen LogP contribution in [0.4, 0.5) is 0 Å². The number of hydrogen-bond acceptors (Lipinski definition) is 5. The van der Waals surface area contributed by atoms with Gasteiger partial charge >= 0.3 is 5.97 Å². The zero-order chi connectivity index (χ0) is 15.9. The molecule has 0 spiro atoms. The van der Waals surface area contributed by atoms with Crippen molar-refractivity contribution in [3.8, 4) is 11.5 Å². The van der Waals surface area contributed by atoms with Crippen LogP contribution in [0.1, 0.15) is 15.9 Å². The molecule has 2 rings (SSSR count). The Bertz CT molecular complexity index is 678. The van der Waals surface area contributed by atoms with Crippen molar-refractivity contribution in [1.82, 2.24) is 0 Å². The number of ketones is 1. The van der Waals surface area contributed by atoms with Gasteiger partial charge in [-0.25, -0.2) is 4.79 Å². The van der Waals surface area contributed by atoms with Crippen molar-refractivity contribution in [2.45, 2.75) is 0 Å². The van der Waals surface area contributed by atoms with Crippen molar-refractivity contribution in [1.29, 1.82) is 0 Å². The Morgan fingerprint density at radius 3 is 2.50 bits per heavy atom. The van der Waals surface area contributed by atoms with E-state index in [1.165, 1.54) is 14.2 Å². The number of hydrogen-bond donors (Lipinski definition) is 0. The Morgan fingerprint density at radius 2 is 1.77 bits per heavy atom. The van der Waals surface area contributed by atoms with E-state index in [0.29, 0.717) is 22.6 Å². The van der Waals surface area contributed by atoms with Crippen LogP contribution in [0.5, 0.6) is 11.5 Å². The summed E-state index contributed by atoms with van der Waals surface area (Å²) in [5.74, 6) is 0.211. The molecule has 0 fully saturated rings. The van der Waals surface area contributed by atoms with Crippen molar-refractivity contribution in [3.63, 3.8) is 0 Å². The molecule has 22 heavy (non-hydrogen) atoms. The van der Waals surface area contributed by atoms with Crippen molar-refractivity contribution < 1.29 is 23.8 Å². The molecule has 2 aromatic carbocycles. The van der Waals surface area contributed by atoms with E-state index in [1.807, 2.05) is 0 Å². The highest BCUT2D eigenvalue weighted by Gasteiger charge is 2.15. The summed E-state index contributed by atoms with van der Waals surface area (Å²) in [6, 6.07) is 13.6. The minimum atomic E-state index is -0.511. The minimum Gasteiger partial charge on any atom is -0.497 e. The lowest BCUT2D eigenvalue weighted by molar-refractivity contribution is -0.142. The van der Waals surface area contributed by atoms with Crippen LogP contribution in [0.3, 0.4) is 0 Å². The summed E-state index contributed by atoms with van der Waals surface area (Å²) in [6.07, 6.45) is 0. The molecule has 0 radical (unpaired) electrons. The fourth-order valence-electron chi connectivity index (χ4n) is 1.90. The molecular weight excluding hydrogens is 284 g/mol. The number of rotatable bonds is 6. The fourth-order valence-corrected chi connectivity index (χ4v) is 1.90. The van der Waals surface area contributed by atoms with E-state index in [2.05, 4.69) is 4.74 Å². The van der Waals surface area contributed by atoms with E-state index in [4.69, 9.17) is 9.47 Å². The lowest BCUT2D eigenvalue weighted by Gasteiger charge is -2.10. The molecule has 5 heteroatoms. The van der Waals surface area contributed by atoms with Crippen LogP contribution in [0, 0.1) is 0 Å². The van der Waals surface area contributed by atoms with E-state index >= 15 is 0 Å². The molecule has 5 nitrogen and oxygen atoms in total. The predicted molar refractivity (Wildman–Crippen MR) is 80.4 cm³/mol. The summed E-state index contributed by atoms with van der Waals surface area (Å²) in [5, 5.41) is 0. The summed E-state index contributed by atoms with van der Waals surface area (Å²) in [6.45, 7) is -0.251. The second-order valence-electron chi connectivity index (χ2n) is 4.42. The molecule has 0 aromatic heterocycles. The molecule has 0 aliphatic rings. The highest BCUT2D eigenvalue weighted by molar-refractivity contribution is 6.10. The molecule has 0 saturated heterocycles. The third-order valence-corrected chi connectivity index (χ3v) is 3.04. The lowest BCUT2D eigenvalue weighted by Crippen LogP contribution is -2.14. The SMILES string of the molecule is COC(=O)COc1ccccc1C(=O)c1cccc(OC)c1. The Balaban J connectivity index is 2.27. The molecule has 0 unspecified atom stereocenters. The quantitative estimate of drug-likeness (QED) is 0.606. The van der Waals surface area contributed by atoms with Gasteiger partial charge in [0.05, 0.1) is 19.8 Å². The maximum Gasteiger partial charge on any atom is 0.343 e. The van der Waals surface area contributed by atoms with E-state index in [-0.39, 0.29) is 12.4 Å². The number of esters is 1. The molecule has 0 aliphatic heterocycles. The van der Waals surface area contributed by atoms with Gasteiger partial charge in [-0.05, 0) is 24.3 Å². The maximum absolute atomic E-state index is 12.6. The monoisotopic (exact) mass is 300 g/mol. The third kappa shape index (κ3) is 3.63. The third-order valence-electron chi connectivity index (χ3n) is 3.04. The molecule has 0 heterocycles. The van der Waals surface area contributed by atoms with Crippen LogP contribution < -0.4 is 9.47 Å². The smallest absolute Gasteiger partial charge is 0.343 e. The molecule has 0 N–H and O–H groups in total. The standard InChI is InChI=1S/C17H16O5/c1-20-13-7-5-6-12(10-13)17(19)14-8-3-4-9-15(14)22-11-16(18)21-2/h3-10H,11H2,1-2H3. The number of methoxy groups -OCH3 is 2. The van der Waals surface area contributed by atoms with Gasteiger partial charge in [-0.15, -0.1) is 0 Å². The molecular formula is C17H16O5. The average Bonchev–Trinajstić information content (AvgIpc) is 2.59. The lowest BCUT2D eigenvalue weighted by atomic mass is 10.0. The Kier molecular flexibility index (Phi) is 5.14. The first-order valence-corrected chi connectivity index (χ1v) is 6.63. The first-order chi connectivity index (χ1) is 10.7. The van der Waals surface area contributed by atoms with Gasteiger partial charge in [0.1, 0.15) is 11.5 Å². The average molecular weight is 300 g/mol. The molecule has 114 valence electrons. The number of carbonyl (C=O) groups excluding carboxylic acids is 2. The van der Waals surface area contributed by atoms with Gasteiger partial charge in [0.25, 0.3) is 0 Å². The van der Waals surface area contributed by atoms with Crippen LogP contribution in [0.2, 0.25) is 0 Å². The molecule has 0 saturated carbocycles. The molecule has 2 aromatic rings. The minimum absolute atomic E-state index is 0.209. The van der Waals surface area contributed by atoms with Gasteiger partial charge in [-0.1, -0.05) is 24.3 Å². The van der Waals surface area contributed by atoms with E-state index in [0.717, 1.165) is 0 Å². The molecule has 0 atom stereocenters. The van der Waals surface area contributed by atoms with E-state index < -0.39 is 5.97 Å². The van der Waals surface area contributed by atoms with E-state index in [1.54, 1.807) is 48.5 Å². The number of para-hydroxylation sites is 1. The zero-order valence-electron chi connectivity index (χ0n) is 12.4. The number of carbonyl (C=O) groups is 2. The number of ether oxygens (including phenoxy) is 3. The van der Waals surface area contributed by atoms with Gasteiger partial charge in [-0.2, -0.15) is 0 Å². The van der Waals surface area contributed by atoms with Gasteiger partial charge in [0, 0.05) is 5.56 Å². The van der Waals surface area contributed by atoms with Crippen LogP contribution in [0.15, 0.2) is 48.5 Å². The van der Waals surface area contributed by atoms with Gasteiger partial charge < -0.3 is 14.2 Å². The Morgan fingerprint density at radius 1 is 1.00 bits per heavy atom. The van der Waals surface area contributed by atoms with Crippen molar-refractivity contribution in [2.24, 2.45) is 0 Å². The van der Waals surface area contributed by atoms with Gasteiger partial charge in [-0.3, -0.25) is 4.79 Å². The van der Waals surface area contributed by atoms with Gasteiger partial charge in [0.2, 0.25) is 0 Å². The molecule has 0 aliphatic carbocycles. The van der Waals surface area contributed by atoms with Crippen LogP contribution in [-0.2, 0) is 9.53 Å². The first kappa shape index (κ1) is 15.6. The Labute approximate surface area is 128 Å². The second kappa shape index (κ2) is 7.26. The summed E-state index contributed by atoms with van der Waals surface area (Å²) in [7, 11) is 2.82. The highest BCUT2D eigenvalue weighted by atomic mass is 16.6. The number of benzene rings is 2. The highest BCUT2D eigenvalue weighted by Crippen LogP contribution is 2.23. The molecule has 0 bridgehead atoms. The largest absolute Gasteiger partial charge is 0.497 e. The second-order valence-corrected chi connectivity index (χ2v) is 4.42. The first-order valence-electron chi connectivity index (χ1n) is 6.63. The maximum atomic E-state index is 12.6. The predicted octanol–water partition coefficient (Wildman–Crippen LogP) is 2.48. The fraction of sp³-hybridized carbons (Fsp3) is 0.176.